The highest BCUT2D eigenvalue weighted by Crippen LogP contribution is 2.44. The van der Waals surface area contributed by atoms with Gasteiger partial charge in [-0.25, -0.2) is 0 Å². The lowest BCUT2D eigenvalue weighted by Gasteiger charge is -2.25. The molecular weight excluding hydrogens is 605 g/mol. The van der Waals surface area contributed by atoms with Gasteiger partial charge in [0.15, 0.2) is 0 Å². The minimum absolute atomic E-state index is 1.12. The van der Waals surface area contributed by atoms with Crippen LogP contribution in [0.25, 0.3) is 71.3 Å². The van der Waals surface area contributed by atoms with E-state index in [0.29, 0.717) is 0 Å². The molecule has 234 valence electrons. The molecule has 1 heterocycles. The zero-order chi connectivity index (χ0) is 33.0. The summed E-state index contributed by atoms with van der Waals surface area (Å²) in [6, 6.07) is 70.2. The Hall–Kier alpha value is -6.64. The summed E-state index contributed by atoms with van der Waals surface area (Å²) in [5.41, 5.74) is 10.6. The van der Waals surface area contributed by atoms with Crippen LogP contribution in [0.5, 0.6) is 0 Å². The van der Waals surface area contributed by atoms with Crippen LogP contribution in [0.4, 0.5) is 17.1 Å². The molecule has 10 rings (SSSR count). The second-order valence-electron chi connectivity index (χ2n) is 13.0. The van der Waals surface area contributed by atoms with E-state index in [9.17, 15) is 0 Å². The van der Waals surface area contributed by atoms with E-state index in [1.54, 1.807) is 0 Å². The highest BCUT2D eigenvalue weighted by atomic mass is 15.1. The van der Waals surface area contributed by atoms with Gasteiger partial charge < -0.3 is 9.47 Å². The average molecular weight is 637 g/mol. The maximum Gasteiger partial charge on any atom is 0.0620 e. The van der Waals surface area contributed by atoms with Crippen molar-refractivity contribution in [2.75, 3.05) is 4.90 Å². The van der Waals surface area contributed by atoms with Crippen LogP contribution < -0.4 is 4.90 Å². The molecule has 1 aromatic heterocycles. The van der Waals surface area contributed by atoms with E-state index in [1.807, 2.05) is 0 Å². The lowest BCUT2D eigenvalue weighted by Crippen LogP contribution is -2.09. The van der Waals surface area contributed by atoms with Gasteiger partial charge in [0.25, 0.3) is 0 Å². The maximum atomic E-state index is 2.47. The third-order valence-electron chi connectivity index (χ3n) is 10.1. The van der Waals surface area contributed by atoms with Gasteiger partial charge in [0.1, 0.15) is 0 Å². The van der Waals surface area contributed by atoms with Crippen LogP contribution >= 0.6 is 0 Å². The van der Waals surface area contributed by atoms with Crippen LogP contribution in [0, 0.1) is 0 Å². The first-order valence-corrected chi connectivity index (χ1v) is 17.2. The van der Waals surface area contributed by atoms with Crippen molar-refractivity contribution in [3.05, 3.63) is 194 Å². The van der Waals surface area contributed by atoms with E-state index in [0.717, 1.165) is 22.7 Å². The number of para-hydroxylation sites is 2. The molecule has 2 nitrogen and oxygen atoms in total. The Balaban J connectivity index is 1.11. The van der Waals surface area contributed by atoms with E-state index >= 15 is 0 Å². The van der Waals surface area contributed by atoms with Crippen molar-refractivity contribution in [1.82, 2.24) is 4.57 Å². The van der Waals surface area contributed by atoms with Crippen molar-refractivity contribution < 1.29 is 0 Å². The third-order valence-corrected chi connectivity index (χ3v) is 10.1. The zero-order valence-corrected chi connectivity index (χ0v) is 27.4. The summed E-state index contributed by atoms with van der Waals surface area (Å²) in [6.45, 7) is 0. The Morgan fingerprint density at radius 3 is 1.44 bits per heavy atom. The predicted molar refractivity (Wildman–Crippen MR) is 213 cm³/mol. The largest absolute Gasteiger partial charge is 0.311 e. The molecular formula is C48H32N2. The van der Waals surface area contributed by atoms with Gasteiger partial charge >= 0.3 is 0 Å². The van der Waals surface area contributed by atoms with Crippen molar-refractivity contribution >= 4 is 60.3 Å². The van der Waals surface area contributed by atoms with E-state index in [-0.39, 0.29) is 0 Å². The molecule has 9 aromatic carbocycles. The first kappa shape index (κ1) is 28.4. The number of anilines is 3. The fraction of sp³-hybridized carbons (Fsp3) is 0. The predicted octanol–water partition coefficient (Wildman–Crippen LogP) is 13.3. The molecule has 0 aliphatic rings. The summed E-state index contributed by atoms with van der Waals surface area (Å²) in [7, 11) is 0. The highest BCUT2D eigenvalue weighted by molar-refractivity contribution is 6.33. The van der Waals surface area contributed by atoms with Crippen molar-refractivity contribution in [3.8, 4) is 28.1 Å². The molecule has 10 aromatic rings. The Bertz CT molecular complexity index is 2720. The van der Waals surface area contributed by atoms with Crippen molar-refractivity contribution in [3.63, 3.8) is 0 Å². The number of benzene rings is 9. The molecule has 0 unspecified atom stereocenters. The molecule has 2 heteroatoms. The normalized spacial score (nSPS) is 11.6. The topological polar surface area (TPSA) is 8.17 Å². The maximum absolute atomic E-state index is 2.47. The lowest BCUT2D eigenvalue weighted by molar-refractivity contribution is 1.14. The van der Waals surface area contributed by atoms with E-state index < -0.39 is 0 Å². The molecule has 0 radical (unpaired) electrons. The van der Waals surface area contributed by atoms with Crippen LogP contribution in [0.1, 0.15) is 0 Å². The second-order valence-corrected chi connectivity index (χ2v) is 13.0. The Morgan fingerprint density at radius 1 is 0.340 bits per heavy atom. The smallest absolute Gasteiger partial charge is 0.0620 e. The molecule has 0 N–H and O–H groups in total. The molecule has 0 saturated heterocycles. The second kappa shape index (κ2) is 11.5. The molecule has 0 amide bonds. The summed E-state index contributed by atoms with van der Waals surface area (Å²) < 4.78 is 2.47. The van der Waals surface area contributed by atoms with Crippen LogP contribution in [-0.2, 0) is 0 Å². The molecule has 0 spiro atoms. The van der Waals surface area contributed by atoms with Gasteiger partial charge in [-0.3, -0.25) is 0 Å². The molecule has 0 aliphatic heterocycles. The summed E-state index contributed by atoms with van der Waals surface area (Å²) in [5, 5.41) is 9.11. The monoisotopic (exact) mass is 636 g/mol. The molecule has 0 aliphatic carbocycles. The number of hydrogen-bond acceptors (Lipinski definition) is 1. The summed E-state index contributed by atoms with van der Waals surface area (Å²) >= 11 is 0. The zero-order valence-electron chi connectivity index (χ0n) is 27.4. The van der Waals surface area contributed by atoms with E-state index in [2.05, 4.69) is 204 Å². The van der Waals surface area contributed by atoms with Gasteiger partial charge in [-0.15, -0.1) is 0 Å². The SMILES string of the molecule is c1ccc(-c2cc3c4cccc5ccc6cccc(c6c54)c3n2-c2ccc(-c3ccc(N(c4ccccc4)c4ccccc4)cc3)cc2)cc1. The summed E-state index contributed by atoms with van der Waals surface area (Å²) in [5.74, 6) is 0. The van der Waals surface area contributed by atoms with Crippen LogP contribution in [0.3, 0.4) is 0 Å². The number of fused-ring (bicyclic) bond motifs is 3. The van der Waals surface area contributed by atoms with Gasteiger partial charge in [0.2, 0.25) is 0 Å². The minimum Gasteiger partial charge on any atom is -0.311 e. The third kappa shape index (κ3) is 4.50. The average Bonchev–Trinajstić information content (AvgIpc) is 3.60. The summed E-state index contributed by atoms with van der Waals surface area (Å²) in [6.07, 6.45) is 0. The van der Waals surface area contributed by atoms with Crippen molar-refractivity contribution in [2.45, 2.75) is 0 Å². The van der Waals surface area contributed by atoms with Gasteiger partial charge in [0.05, 0.1) is 11.2 Å². The standard InChI is InChI=1S/C48H32N2/c1-4-12-35(13-5-1)45-32-44-42-20-10-14-36-22-23-37-15-11-21-43(47(37)46(36)42)48(44)50(45)41-30-26-34(27-31-41)33-24-28-40(29-25-33)49(38-16-6-2-7-17-38)39-18-8-3-9-19-39/h1-32H. The number of aromatic nitrogens is 1. The van der Waals surface area contributed by atoms with Gasteiger partial charge in [-0.05, 0) is 98.2 Å². The highest BCUT2D eigenvalue weighted by Gasteiger charge is 2.20. The molecule has 0 atom stereocenters. The Labute approximate surface area is 291 Å². The van der Waals surface area contributed by atoms with E-state index in [1.165, 1.54) is 65.6 Å². The fourth-order valence-electron chi connectivity index (χ4n) is 7.86. The first-order chi connectivity index (χ1) is 24.8. The Morgan fingerprint density at radius 2 is 0.840 bits per heavy atom. The van der Waals surface area contributed by atoms with Crippen LogP contribution in [-0.4, -0.2) is 4.57 Å². The molecule has 50 heavy (non-hydrogen) atoms. The number of hydrogen-bond donors (Lipinski definition) is 0. The van der Waals surface area contributed by atoms with Crippen LogP contribution in [0.15, 0.2) is 194 Å². The molecule has 0 bridgehead atoms. The lowest BCUT2D eigenvalue weighted by atomic mass is 9.92. The van der Waals surface area contributed by atoms with Gasteiger partial charge in [-0.1, -0.05) is 140 Å². The summed E-state index contributed by atoms with van der Waals surface area (Å²) in [4.78, 5) is 2.30. The van der Waals surface area contributed by atoms with Crippen LogP contribution in [0.2, 0.25) is 0 Å². The quantitative estimate of drug-likeness (QED) is 0.165. The number of nitrogens with zero attached hydrogens (tertiary/aromatic N) is 2. The fourth-order valence-corrected chi connectivity index (χ4v) is 7.86. The van der Waals surface area contributed by atoms with Crippen molar-refractivity contribution in [2.24, 2.45) is 0 Å². The first-order valence-electron chi connectivity index (χ1n) is 17.2. The minimum atomic E-state index is 1.12. The van der Waals surface area contributed by atoms with Gasteiger partial charge in [-0.2, -0.15) is 0 Å². The van der Waals surface area contributed by atoms with E-state index in [4.69, 9.17) is 0 Å². The molecule has 0 fully saturated rings. The molecule has 0 saturated carbocycles. The number of rotatable bonds is 6. The van der Waals surface area contributed by atoms with Gasteiger partial charge in [0, 0.05) is 33.5 Å². The Kier molecular flexibility index (Phi) is 6.53. The van der Waals surface area contributed by atoms with Crippen molar-refractivity contribution in [1.29, 1.82) is 0 Å².